The number of hydrogen-bond acceptors (Lipinski definition) is 1. The Morgan fingerprint density at radius 1 is 1.00 bits per heavy atom. The minimum Gasteiger partial charge on any atom is -0.394 e. The van der Waals surface area contributed by atoms with Gasteiger partial charge < -0.3 is 5.11 Å². The molecule has 2 heteroatoms. The Labute approximate surface area is 150 Å². The monoisotopic (exact) mass is 328 g/mol. The molecule has 4 fully saturated rings. The largest absolute Gasteiger partial charge is 0.394 e. The molecule has 9 unspecified atom stereocenters. The van der Waals surface area contributed by atoms with Crippen LogP contribution in [0.25, 0.3) is 0 Å². The van der Waals surface area contributed by atoms with Crippen LogP contribution in [0.2, 0.25) is 6.32 Å². The molecule has 2 radical (unpaired) electrons. The summed E-state index contributed by atoms with van der Waals surface area (Å²) >= 11 is 0. The topological polar surface area (TPSA) is 20.2 Å². The average molecular weight is 328 g/mol. The Kier molecular flexibility index (Phi) is 4.82. The van der Waals surface area contributed by atoms with Crippen molar-refractivity contribution >= 4 is 7.85 Å². The lowest BCUT2D eigenvalue weighted by atomic mass is 9.49. The first-order valence-corrected chi connectivity index (χ1v) is 11.0. The highest BCUT2D eigenvalue weighted by atomic mass is 16.3. The van der Waals surface area contributed by atoms with Crippen molar-refractivity contribution in [3.05, 3.63) is 0 Å². The molecule has 0 amide bonds. The quantitative estimate of drug-likeness (QED) is 0.703. The van der Waals surface area contributed by atoms with Crippen LogP contribution in [0.3, 0.4) is 0 Å². The second-order valence-corrected chi connectivity index (χ2v) is 10.1. The van der Waals surface area contributed by atoms with Gasteiger partial charge in [0, 0.05) is 6.10 Å². The summed E-state index contributed by atoms with van der Waals surface area (Å²) in [5, 5.41) is 10.5. The van der Waals surface area contributed by atoms with Crippen LogP contribution in [-0.2, 0) is 0 Å². The standard InChI is InChI=1S/C22H37BO/c1-3-14-4-6-16-15(12-14)5-7-18-17(16)10-11-22(2)19(18)8-9-20(22)21(24)13-23/h14-21,24H,3-13H2,1-2H3. The fourth-order valence-electron chi connectivity index (χ4n) is 8.16. The van der Waals surface area contributed by atoms with Gasteiger partial charge in [0.1, 0.15) is 0 Å². The summed E-state index contributed by atoms with van der Waals surface area (Å²) in [4.78, 5) is 0. The normalized spacial score (nSPS) is 52.2. The molecule has 0 spiro atoms. The molecule has 4 rings (SSSR count). The molecule has 4 aliphatic rings. The summed E-state index contributed by atoms with van der Waals surface area (Å²) in [5.74, 6) is 6.39. The van der Waals surface area contributed by atoms with E-state index in [1.807, 2.05) is 0 Å². The molecule has 4 aliphatic carbocycles. The number of aliphatic hydroxyl groups is 1. The summed E-state index contributed by atoms with van der Waals surface area (Å²) in [6, 6.07) is 0. The van der Waals surface area contributed by atoms with E-state index in [1.54, 1.807) is 0 Å². The van der Waals surface area contributed by atoms with Crippen molar-refractivity contribution in [1.82, 2.24) is 0 Å². The molecule has 134 valence electrons. The molecule has 0 aromatic heterocycles. The summed E-state index contributed by atoms with van der Waals surface area (Å²) < 4.78 is 0. The Hall–Kier alpha value is 0.0249. The summed E-state index contributed by atoms with van der Waals surface area (Å²) in [6.07, 6.45) is 14.5. The van der Waals surface area contributed by atoms with Crippen LogP contribution in [0.4, 0.5) is 0 Å². The Balaban J connectivity index is 1.51. The maximum atomic E-state index is 10.5. The van der Waals surface area contributed by atoms with Gasteiger partial charge in [-0.1, -0.05) is 33.0 Å². The van der Waals surface area contributed by atoms with E-state index in [1.165, 1.54) is 64.2 Å². The van der Waals surface area contributed by atoms with Gasteiger partial charge in [-0.25, -0.2) is 0 Å². The smallest absolute Gasteiger partial charge is 0.0688 e. The maximum Gasteiger partial charge on any atom is 0.0688 e. The van der Waals surface area contributed by atoms with Gasteiger partial charge in [0.2, 0.25) is 0 Å². The molecular weight excluding hydrogens is 291 g/mol. The van der Waals surface area contributed by atoms with Gasteiger partial charge in [-0.3, -0.25) is 0 Å². The lowest BCUT2D eigenvalue weighted by molar-refractivity contribution is -0.0820. The lowest BCUT2D eigenvalue weighted by Crippen LogP contribution is -2.49. The molecule has 1 N–H and O–H groups in total. The third-order valence-electron chi connectivity index (χ3n) is 9.42. The Morgan fingerprint density at radius 2 is 1.79 bits per heavy atom. The molecular formula is C22H37BO. The number of hydrogen-bond donors (Lipinski definition) is 1. The first-order chi connectivity index (χ1) is 11.6. The second-order valence-electron chi connectivity index (χ2n) is 10.1. The van der Waals surface area contributed by atoms with Crippen LogP contribution < -0.4 is 0 Å². The van der Waals surface area contributed by atoms with Crippen LogP contribution >= 0.6 is 0 Å². The number of fused-ring (bicyclic) bond motifs is 5. The zero-order chi connectivity index (χ0) is 16.9. The fraction of sp³-hybridized carbons (Fsp3) is 1.00. The van der Waals surface area contributed by atoms with Gasteiger partial charge >= 0.3 is 0 Å². The second kappa shape index (κ2) is 6.64. The highest BCUT2D eigenvalue weighted by Crippen LogP contribution is 2.65. The highest BCUT2D eigenvalue weighted by molar-refractivity contribution is 6.08. The van der Waals surface area contributed by atoms with E-state index >= 15 is 0 Å². The predicted molar refractivity (Wildman–Crippen MR) is 101 cm³/mol. The first-order valence-electron chi connectivity index (χ1n) is 11.0. The Bertz CT molecular complexity index is 451. The molecule has 9 atom stereocenters. The highest BCUT2D eigenvalue weighted by Gasteiger charge is 2.57. The van der Waals surface area contributed by atoms with Crippen molar-refractivity contribution in [3.63, 3.8) is 0 Å². The van der Waals surface area contributed by atoms with Crippen LogP contribution in [0, 0.1) is 46.8 Å². The number of rotatable bonds is 3. The number of aliphatic hydroxyl groups excluding tert-OH is 1. The molecule has 0 bridgehead atoms. The summed E-state index contributed by atoms with van der Waals surface area (Å²) in [7, 11) is 5.83. The van der Waals surface area contributed by atoms with E-state index < -0.39 is 0 Å². The van der Waals surface area contributed by atoms with Crippen molar-refractivity contribution in [2.24, 2.45) is 46.8 Å². The van der Waals surface area contributed by atoms with Crippen molar-refractivity contribution in [2.75, 3.05) is 0 Å². The summed E-state index contributed by atoms with van der Waals surface area (Å²) in [6.45, 7) is 4.90. The van der Waals surface area contributed by atoms with Gasteiger partial charge in [-0.05, 0) is 98.2 Å². The third-order valence-corrected chi connectivity index (χ3v) is 9.42. The van der Waals surface area contributed by atoms with Crippen LogP contribution in [-0.4, -0.2) is 19.1 Å². The SMILES string of the molecule is [B]CC(O)C1CCC2C3CCC4CC(CC)CCC4C3CCC12C. The molecule has 0 aliphatic heterocycles. The molecule has 0 heterocycles. The molecule has 0 saturated heterocycles. The zero-order valence-electron chi connectivity index (χ0n) is 15.9. The van der Waals surface area contributed by atoms with Crippen LogP contribution in [0.1, 0.15) is 78.1 Å². The minimum atomic E-state index is -0.270. The Morgan fingerprint density at radius 3 is 2.54 bits per heavy atom. The van der Waals surface area contributed by atoms with Gasteiger partial charge in [0.05, 0.1) is 7.85 Å². The van der Waals surface area contributed by atoms with Gasteiger partial charge in [0.15, 0.2) is 0 Å². The van der Waals surface area contributed by atoms with Crippen molar-refractivity contribution < 1.29 is 5.11 Å². The van der Waals surface area contributed by atoms with Gasteiger partial charge in [-0.2, -0.15) is 0 Å². The molecule has 0 aromatic rings. The van der Waals surface area contributed by atoms with Gasteiger partial charge in [0.25, 0.3) is 0 Å². The average Bonchev–Trinajstić information content (AvgIpc) is 2.97. The van der Waals surface area contributed by atoms with Crippen molar-refractivity contribution in [1.29, 1.82) is 0 Å². The maximum absolute atomic E-state index is 10.5. The van der Waals surface area contributed by atoms with Crippen LogP contribution in [0.5, 0.6) is 0 Å². The molecule has 4 saturated carbocycles. The van der Waals surface area contributed by atoms with E-state index in [-0.39, 0.29) is 6.10 Å². The van der Waals surface area contributed by atoms with E-state index in [0.717, 1.165) is 35.5 Å². The molecule has 1 nitrogen and oxygen atoms in total. The third kappa shape index (κ3) is 2.61. The molecule has 24 heavy (non-hydrogen) atoms. The van der Waals surface area contributed by atoms with Crippen molar-refractivity contribution in [2.45, 2.75) is 90.5 Å². The van der Waals surface area contributed by atoms with Crippen molar-refractivity contribution in [3.8, 4) is 0 Å². The van der Waals surface area contributed by atoms with Gasteiger partial charge in [-0.15, -0.1) is 0 Å². The predicted octanol–water partition coefficient (Wildman–Crippen LogP) is 5.23. The molecule has 0 aromatic carbocycles. The van der Waals surface area contributed by atoms with E-state index in [4.69, 9.17) is 7.85 Å². The lowest BCUT2D eigenvalue weighted by Gasteiger charge is -2.56. The fourth-order valence-corrected chi connectivity index (χ4v) is 8.16. The first kappa shape index (κ1) is 17.4. The van der Waals surface area contributed by atoms with E-state index in [2.05, 4.69) is 13.8 Å². The minimum absolute atomic E-state index is 0.270. The van der Waals surface area contributed by atoms with E-state index in [9.17, 15) is 5.11 Å². The van der Waals surface area contributed by atoms with Crippen LogP contribution in [0.15, 0.2) is 0 Å². The summed E-state index contributed by atoms with van der Waals surface area (Å²) in [5.41, 5.74) is 0.368. The zero-order valence-corrected chi connectivity index (χ0v) is 15.9. The van der Waals surface area contributed by atoms with E-state index in [0.29, 0.717) is 17.7 Å².